The zero-order valence-electron chi connectivity index (χ0n) is 11.8. The minimum absolute atomic E-state index is 0.234. The van der Waals surface area contributed by atoms with Crippen molar-refractivity contribution in [3.8, 4) is 17.5 Å². The van der Waals surface area contributed by atoms with Crippen LogP contribution in [0.2, 0.25) is 0 Å². The van der Waals surface area contributed by atoms with E-state index in [4.69, 9.17) is 0 Å². The number of benzene rings is 1. The third-order valence-corrected chi connectivity index (χ3v) is 3.11. The number of nitrogens with zero attached hydrogens (tertiary/aromatic N) is 2. The Labute approximate surface area is 117 Å². The van der Waals surface area contributed by atoms with Crippen LogP contribution in [0.5, 0.6) is 0 Å². The minimum atomic E-state index is -0.559. The van der Waals surface area contributed by atoms with E-state index >= 15 is 0 Å². The molecule has 1 heterocycles. The molecule has 0 radical (unpaired) electrons. The van der Waals surface area contributed by atoms with Gasteiger partial charge in [-0.15, -0.1) is 5.92 Å². The Balaban J connectivity index is 2.62. The third kappa shape index (κ3) is 2.57. The molecule has 4 heteroatoms. The molecule has 2 rings (SSSR count). The van der Waals surface area contributed by atoms with Gasteiger partial charge in [-0.3, -0.25) is 18.7 Å². The topological polar surface area (TPSA) is 44.0 Å². The average Bonchev–Trinajstić information content (AvgIpc) is 2.43. The molecule has 0 bridgehead atoms. The van der Waals surface area contributed by atoms with Gasteiger partial charge in [0, 0.05) is 12.4 Å². The molecule has 0 aliphatic carbocycles. The maximum absolute atomic E-state index is 12.2. The van der Waals surface area contributed by atoms with Crippen molar-refractivity contribution in [3.63, 3.8) is 0 Å². The first-order chi connectivity index (χ1) is 9.54. The van der Waals surface area contributed by atoms with Gasteiger partial charge < -0.3 is 0 Å². The Bertz CT molecular complexity index is 817. The lowest BCUT2D eigenvalue weighted by Crippen LogP contribution is -2.40. The Morgan fingerprint density at radius 1 is 1.10 bits per heavy atom. The van der Waals surface area contributed by atoms with E-state index in [0.717, 1.165) is 16.8 Å². The lowest BCUT2D eigenvalue weighted by molar-refractivity contribution is 0.743. The van der Waals surface area contributed by atoms with Crippen molar-refractivity contribution in [2.45, 2.75) is 27.3 Å². The highest BCUT2D eigenvalue weighted by Crippen LogP contribution is 2.13. The van der Waals surface area contributed by atoms with Crippen molar-refractivity contribution in [2.75, 3.05) is 0 Å². The molecule has 1 aromatic carbocycles. The molecular weight excluding hydrogens is 252 g/mol. The van der Waals surface area contributed by atoms with Crippen LogP contribution in [0, 0.1) is 25.7 Å². The van der Waals surface area contributed by atoms with Crippen LogP contribution in [0.1, 0.15) is 18.1 Å². The molecule has 1 aromatic heterocycles. The highest BCUT2D eigenvalue weighted by atomic mass is 16.2. The molecule has 0 saturated carbocycles. The van der Waals surface area contributed by atoms with Gasteiger partial charge in [-0.05, 0) is 38.0 Å². The second-order valence-electron chi connectivity index (χ2n) is 4.62. The maximum Gasteiger partial charge on any atom is 0.321 e. The van der Waals surface area contributed by atoms with Crippen LogP contribution in [-0.4, -0.2) is 9.13 Å². The summed E-state index contributed by atoms with van der Waals surface area (Å²) in [4.78, 5) is 24.2. The summed E-state index contributed by atoms with van der Waals surface area (Å²) in [7, 11) is 0. The lowest BCUT2D eigenvalue weighted by Gasteiger charge is -2.10. The molecule has 0 saturated heterocycles. The number of rotatable bonds is 2. The lowest BCUT2D eigenvalue weighted by atomic mass is 10.1. The van der Waals surface area contributed by atoms with Crippen LogP contribution in [0.3, 0.4) is 0 Å². The predicted molar refractivity (Wildman–Crippen MR) is 79.2 cm³/mol. The summed E-state index contributed by atoms with van der Waals surface area (Å²) in [5, 5.41) is 0. The molecule has 0 aliphatic heterocycles. The van der Waals surface area contributed by atoms with Crippen LogP contribution in [0.25, 0.3) is 5.69 Å². The molecule has 0 atom stereocenters. The molecule has 0 unspecified atom stereocenters. The van der Waals surface area contributed by atoms with Crippen molar-refractivity contribution in [2.24, 2.45) is 0 Å². The smallest absolute Gasteiger partial charge is 0.298 e. The van der Waals surface area contributed by atoms with E-state index in [1.807, 2.05) is 32.0 Å². The van der Waals surface area contributed by atoms with Gasteiger partial charge in [0.1, 0.15) is 0 Å². The maximum atomic E-state index is 12.2. The van der Waals surface area contributed by atoms with E-state index in [1.165, 1.54) is 9.13 Å². The first kappa shape index (κ1) is 13.9. The highest BCUT2D eigenvalue weighted by molar-refractivity contribution is 5.42. The zero-order chi connectivity index (χ0) is 14.7. The first-order valence-corrected chi connectivity index (χ1v) is 6.34. The molecule has 0 fully saturated rings. The quantitative estimate of drug-likeness (QED) is 0.614. The Kier molecular flexibility index (Phi) is 3.90. The summed E-state index contributed by atoms with van der Waals surface area (Å²) in [6.07, 6.45) is 3.21. The van der Waals surface area contributed by atoms with Gasteiger partial charge in [0.2, 0.25) is 0 Å². The second kappa shape index (κ2) is 5.62. The van der Waals surface area contributed by atoms with E-state index in [2.05, 4.69) is 11.8 Å². The average molecular weight is 268 g/mol. The van der Waals surface area contributed by atoms with E-state index in [0.29, 0.717) is 0 Å². The van der Waals surface area contributed by atoms with Gasteiger partial charge in [0.15, 0.2) is 0 Å². The van der Waals surface area contributed by atoms with Crippen LogP contribution < -0.4 is 11.1 Å². The summed E-state index contributed by atoms with van der Waals surface area (Å²) in [5.41, 5.74) is 1.61. The first-order valence-electron chi connectivity index (χ1n) is 6.34. The van der Waals surface area contributed by atoms with Gasteiger partial charge in [0.05, 0.1) is 12.2 Å². The number of aryl methyl sites for hydroxylation is 2. The molecule has 0 spiro atoms. The fraction of sp³-hybridized carbons (Fsp3) is 0.250. The molecule has 0 aliphatic rings. The SMILES string of the molecule is CC#CCn1ccn(-c2cc(C)ccc2C)c(=O)c1=O. The van der Waals surface area contributed by atoms with Crippen LogP contribution in [0.4, 0.5) is 0 Å². The Morgan fingerprint density at radius 2 is 1.85 bits per heavy atom. The van der Waals surface area contributed by atoms with Crippen LogP contribution >= 0.6 is 0 Å². The van der Waals surface area contributed by atoms with Crippen molar-refractivity contribution in [1.29, 1.82) is 0 Å². The monoisotopic (exact) mass is 268 g/mol. The minimum Gasteiger partial charge on any atom is -0.298 e. The molecule has 20 heavy (non-hydrogen) atoms. The van der Waals surface area contributed by atoms with Crippen LogP contribution in [0.15, 0.2) is 40.2 Å². The number of hydrogen-bond donors (Lipinski definition) is 0. The fourth-order valence-corrected chi connectivity index (χ4v) is 1.97. The molecule has 0 amide bonds. The van der Waals surface area contributed by atoms with Gasteiger partial charge in [-0.2, -0.15) is 0 Å². The van der Waals surface area contributed by atoms with E-state index < -0.39 is 11.1 Å². The van der Waals surface area contributed by atoms with Gasteiger partial charge in [-0.25, -0.2) is 0 Å². The van der Waals surface area contributed by atoms with Gasteiger partial charge in [-0.1, -0.05) is 18.1 Å². The molecular formula is C16H16N2O2. The molecule has 102 valence electrons. The number of aromatic nitrogens is 2. The van der Waals surface area contributed by atoms with Crippen molar-refractivity contribution in [1.82, 2.24) is 9.13 Å². The Morgan fingerprint density at radius 3 is 2.55 bits per heavy atom. The highest BCUT2D eigenvalue weighted by Gasteiger charge is 2.08. The second-order valence-corrected chi connectivity index (χ2v) is 4.62. The molecule has 4 nitrogen and oxygen atoms in total. The van der Waals surface area contributed by atoms with E-state index in [-0.39, 0.29) is 6.54 Å². The summed E-state index contributed by atoms with van der Waals surface area (Å²) in [5.74, 6) is 5.48. The zero-order valence-corrected chi connectivity index (χ0v) is 11.8. The summed E-state index contributed by atoms with van der Waals surface area (Å²) < 4.78 is 2.71. The predicted octanol–water partition coefficient (Wildman–Crippen LogP) is 1.64. The summed E-state index contributed by atoms with van der Waals surface area (Å²) in [6.45, 7) is 5.79. The van der Waals surface area contributed by atoms with E-state index in [1.54, 1.807) is 19.3 Å². The van der Waals surface area contributed by atoms with E-state index in [9.17, 15) is 9.59 Å². The third-order valence-electron chi connectivity index (χ3n) is 3.11. The summed E-state index contributed by atoms with van der Waals surface area (Å²) >= 11 is 0. The molecule has 0 N–H and O–H groups in total. The van der Waals surface area contributed by atoms with Crippen molar-refractivity contribution in [3.05, 3.63) is 62.4 Å². The normalized spacial score (nSPS) is 9.95. The summed E-state index contributed by atoms with van der Waals surface area (Å²) in [6, 6.07) is 5.81. The standard InChI is InChI=1S/C16H16N2O2/c1-4-5-8-17-9-10-18(16(20)15(17)19)14-11-12(2)6-7-13(14)3/h6-7,9-11H,8H2,1-3H3. The number of hydrogen-bond acceptors (Lipinski definition) is 2. The largest absolute Gasteiger partial charge is 0.321 e. The van der Waals surface area contributed by atoms with Gasteiger partial charge >= 0.3 is 11.1 Å². The Hall–Kier alpha value is -2.54. The van der Waals surface area contributed by atoms with Gasteiger partial charge in [0.25, 0.3) is 0 Å². The van der Waals surface area contributed by atoms with Crippen molar-refractivity contribution >= 4 is 0 Å². The fourth-order valence-electron chi connectivity index (χ4n) is 1.97. The van der Waals surface area contributed by atoms with Crippen LogP contribution in [-0.2, 0) is 6.54 Å². The molecule has 2 aromatic rings. The van der Waals surface area contributed by atoms with Crippen molar-refractivity contribution < 1.29 is 0 Å².